The maximum atomic E-state index is 12.5. The van der Waals surface area contributed by atoms with Crippen LogP contribution in [0.5, 0.6) is 5.88 Å². The van der Waals surface area contributed by atoms with Crippen LogP contribution < -0.4 is 9.64 Å². The van der Waals surface area contributed by atoms with E-state index in [0.717, 1.165) is 51.3 Å². The van der Waals surface area contributed by atoms with Crippen molar-refractivity contribution in [3.05, 3.63) is 36.5 Å². The van der Waals surface area contributed by atoms with Crippen LogP contribution in [0.2, 0.25) is 0 Å². The Morgan fingerprint density at radius 1 is 1.24 bits per heavy atom. The fourth-order valence-corrected chi connectivity index (χ4v) is 3.90. The Kier molecular flexibility index (Phi) is 4.07. The third-order valence-electron chi connectivity index (χ3n) is 5.44. The molecule has 7 heteroatoms. The lowest BCUT2D eigenvalue weighted by Crippen LogP contribution is -2.42. The average Bonchev–Trinajstić information content (AvgIpc) is 3.33. The van der Waals surface area contributed by atoms with Crippen molar-refractivity contribution in [2.45, 2.75) is 19.3 Å². The minimum Gasteiger partial charge on any atom is -0.481 e. The smallest absolute Gasteiger partial charge is 0.289 e. The number of likely N-dealkylation sites (tertiary alicyclic amines) is 1. The van der Waals surface area contributed by atoms with E-state index in [-0.39, 0.29) is 11.3 Å². The molecule has 2 saturated heterocycles. The summed E-state index contributed by atoms with van der Waals surface area (Å²) < 4.78 is 10.4. The predicted octanol–water partition coefficient (Wildman–Crippen LogP) is 2.21. The van der Waals surface area contributed by atoms with Gasteiger partial charge in [0.15, 0.2) is 5.76 Å². The van der Waals surface area contributed by atoms with Crippen LogP contribution in [0.1, 0.15) is 29.8 Å². The Hall–Kier alpha value is -2.57. The lowest BCUT2D eigenvalue weighted by molar-refractivity contribution is 0.0733. The number of hydrogen-bond donors (Lipinski definition) is 0. The molecule has 7 nitrogen and oxygen atoms in total. The van der Waals surface area contributed by atoms with Crippen LogP contribution in [0.25, 0.3) is 0 Å². The number of carbonyl (C=O) groups excluding carboxylic acids is 1. The number of anilines is 1. The summed E-state index contributed by atoms with van der Waals surface area (Å²) in [5, 5.41) is 0. The zero-order chi connectivity index (χ0) is 17.3. The van der Waals surface area contributed by atoms with Crippen LogP contribution >= 0.6 is 0 Å². The van der Waals surface area contributed by atoms with Crippen LogP contribution in [0.15, 0.2) is 35.2 Å². The summed E-state index contributed by atoms with van der Waals surface area (Å²) in [6.07, 6.45) is 6.26. The summed E-state index contributed by atoms with van der Waals surface area (Å²) in [6.45, 7) is 3.49. The SMILES string of the molecule is COc1cc(N2CCC3(CCN(C(=O)c4ccco4)C3)CC2)ncn1. The van der Waals surface area contributed by atoms with Gasteiger partial charge < -0.3 is 19.0 Å². The number of methoxy groups -OCH3 is 1. The molecule has 1 spiro atoms. The number of ether oxygens (including phenoxy) is 1. The number of carbonyl (C=O) groups is 1. The Balaban J connectivity index is 1.39. The van der Waals surface area contributed by atoms with E-state index < -0.39 is 0 Å². The normalized spacial score (nSPS) is 19.4. The van der Waals surface area contributed by atoms with Crippen LogP contribution in [0.3, 0.4) is 0 Å². The van der Waals surface area contributed by atoms with Gasteiger partial charge in [-0.05, 0) is 36.8 Å². The predicted molar refractivity (Wildman–Crippen MR) is 91.7 cm³/mol. The van der Waals surface area contributed by atoms with Gasteiger partial charge in [-0.3, -0.25) is 4.79 Å². The second-order valence-electron chi connectivity index (χ2n) is 6.86. The number of nitrogens with zero attached hydrogens (tertiary/aromatic N) is 4. The second kappa shape index (κ2) is 6.38. The first-order valence-electron chi connectivity index (χ1n) is 8.63. The molecule has 2 aromatic heterocycles. The van der Waals surface area contributed by atoms with Crippen LogP contribution in [0.4, 0.5) is 5.82 Å². The minimum absolute atomic E-state index is 0.00448. The zero-order valence-electron chi connectivity index (χ0n) is 14.4. The first-order valence-corrected chi connectivity index (χ1v) is 8.63. The molecule has 0 N–H and O–H groups in total. The van der Waals surface area contributed by atoms with Gasteiger partial charge in [0.2, 0.25) is 5.88 Å². The summed E-state index contributed by atoms with van der Waals surface area (Å²) in [7, 11) is 1.61. The number of amides is 1. The van der Waals surface area contributed by atoms with E-state index in [1.54, 1.807) is 25.5 Å². The van der Waals surface area contributed by atoms with Gasteiger partial charge in [-0.2, -0.15) is 0 Å². The molecule has 0 aliphatic carbocycles. The molecular weight excluding hydrogens is 320 g/mol. The number of aromatic nitrogens is 2. The zero-order valence-corrected chi connectivity index (χ0v) is 14.4. The van der Waals surface area contributed by atoms with Gasteiger partial charge in [-0.1, -0.05) is 0 Å². The molecule has 2 aromatic rings. The standard InChI is InChI=1S/C18H22N4O3/c1-24-16-11-15(19-13-20-16)21-7-4-18(5-8-21)6-9-22(12-18)17(23)14-3-2-10-25-14/h2-3,10-11,13H,4-9,12H2,1H3. The van der Waals surface area contributed by atoms with E-state index >= 15 is 0 Å². The van der Waals surface area contributed by atoms with Crippen molar-refractivity contribution in [1.82, 2.24) is 14.9 Å². The number of rotatable bonds is 3. The molecule has 2 aliphatic heterocycles. The number of furan rings is 1. The van der Waals surface area contributed by atoms with Gasteiger partial charge in [0.1, 0.15) is 12.1 Å². The highest BCUT2D eigenvalue weighted by molar-refractivity contribution is 5.91. The molecule has 0 atom stereocenters. The Labute approximate surface area is 146 Å². The molecule has 4 rings (SSSR count). The van der Waals surface area contributed by atoms with Crippen LogP contribution in [-0.2, 0) is 0 Å². The van der Waals surface area contributed by atoms with Gasteiger partial charge in [-0.25, -0.2) is 9.97 Å². The molecule has 2 aliphatic rings. The monoisotopic (exact) mass is 342 g/mol. The quantitative estimate of drug-likeness (QED) is 0.852. The third-order valence-corrected chi connectivity index (χ3v) is 5.44. The number of piperidine rings is 1. The van der Waals surface area contributed by atoms with Crippen molar-refractivity contribution < 1.29 is 13.9 Å². The molecule has 0 radical (unpaired) electrons. The van der Waals surface area contributed by atoms with Crippen molar-refractivity contribution >= 4 is 11.7 Å². The molecule has 25 heavy (non-hydrogen) atoms. The van der Waals surface area contributed by atoms with E-state index in [4.69, 9.17) is 9.15 Å². The molecule has 2 fully saturated rings. The van der Waals surface area contributed by atoms with Gasteiger partial charge in [0.05, 0.1) is 13.4 Å². The highest BCUT2D eigenvalue weighted by Crippen LogP contribution is 2.41. The fraction of sp³-hybridized carbons (Fsp3) is 0.500. The highest BCUT2D eigenvalue weighted by Gasteiger charge is 2.42. The molecule has 0 saturated carbocycles. The first-order chi connectivity index (χ1) is 12.2. The van der Waals surface area contributed by atoms with Crippen LogP contribution in [0, 0.1) is 5.41 Å². The number of hydrogen-bond acceptors (Lipinski definition) is 6. The summed E-state index contributed by atoms with van der Waals surface area (Å²) in [5.74, 6) is 1.93. The van der Waals surface area contributed by atoms with Gasteiger partial charge in [0, 0.05) is 32.2 Å². The molecular formula is C18H22N4O3. The molecule has 4 heterocycles. The van der Waals surface area contributed by atoms with Gasteiger partial charge in [0.25, 0.3) is 5.91 Å². The molecule has 132 valence electrons. The molecule has 0 bridgehead atoms. The first kappa shape index (κ1) is 15.9. The van der Waals surface area contributed by atoms with E-state index in [1.807, 2.05) is 11.0 Å². The maximum absolute atomic E-state index is 12.5. The molecule has 0 aromatic carbocycles. The summed E-state index contributed by atoms with van der Waals surface area (Å²) in [6, 6.07) is 5.37. The van der Waals surface area contributed by atoms with E-state index in [0.29, 0.717) is 11.6 Å². The largest absolute Gasteiger partial charge is 0.481 e. The maximum Gasteiger partial charge on any atom is 0.289 e. The Morgan fingerprint density at radius 3 is 2.76 bits per heavy atom. The summed E-state index contributed by atoms with van der Waals surface area (Å²) in [4.78, 5) is 25.1. The van der Waals surface area contributed by atoms with E-state index in [2.05, 4.69) is 14.9 Å². The minimum atomic E-state index is 0.00448. The summed E-state index contributed by atoms with van der Waals surface area (Å²) in [5.41, 5.74) is 0.218. The fourth-order valence-electron chi connectivity index (χ4n) is 3.90. The van der Waals surface area contributed by atoms with Crippen molar-refractivity contribution in [2.75, 3.05) is 38.2 Å². The molecule has 1 amide bonds. The highest BCUT2D eigenvalue weighted by atomic mass is 16.5. The van der Waals surface area contributed by atoms with Crippen molar-refractivity contribution in [1.29, 1.82) is 0 Å². The van der Waals surface area contributed by atoms with Gasteiger partial charge in [-0.15, -0.1) is 0 Å². The van der Waals surface area contributed by atoms with E-state index in [1.165, 1.54) is 6.33 Å². The van der Waals surface area contributed by atoms with Crippen molar-refractivity contribution in [3.8, 4) is 5.88 Å². The van der Waals surface area contributed by atoms with E-state index in [9.17, 15) is 4.79 Å². The lowest BCUT2D eigenvalue weighted by Gasteiger charge is -2.39. The van der Waals surface area contributed by atoms with Crippen molar-refractivity contribution in [2.24, 2.45) is 5.41 Å². The molecule has 0 unspecified atom stereocenters. The van der Waals surface area contributed by atoms with Crippen molar-refractivity contribution in [3.63, 3.8) is 0 Å². The Morgan fingerprint density at radius 2 is 2.04 bits per heavy atom. The second-order valence-corrected chi connectivity index (χ2v) is 6.86. The topological polar surface area (TPSA) is 71.7 Å². The average molecular weight is 342 g/mol. The van der Waals surface area contributed by atoms with Crippen LogP contribution in [-0.4, -0.2) is 54.1 Å². The summed E-state index contributed by atoms with van der Waals surface area (Å²) >= 11 is 0. The lowest BCUT2D eigenvalue weighted by atomic mass is 9.78. The van der Waals surface area contributed by atoms with Gasteiger partial charge >= 0.3 is 0 Å². The Bertz CT molecular complexity index is 739. The third kappa shape index (κ3) is 3.06.